The average molecular weight is 490 g/mol. The molecule has 1 N–H and O–H groups in total. The van der Waals surface area contributed by atoms with Gasteiger partial charge in [-0.15, -0.1) is 5.10 Å². The topological polar surface area (TPSA) is 101 Å². The van der Waals surface area contributed by atoms with E-state index in [9.17, 15) is 14.4 Å². The Morgan fingerprint density at radius 2 is 1.86 bits per heavy atom. The predicted molar refractivity (Wildman–Crippen MR) is 132 cm³/mol. The van der Waals surface area contributed by atoms with Crippen LogP contribution in [0.4, 0.5) is 10.2 Å². The molecule has 0 aliphatic heterocycles. The lowest BCUT2D eigenvalue weighted by Gasteiger charge is -2.13. The zero-order valence-corrected chi connectivity index (χ0v) is 20.6. The van der Waals surface area contributed by atoms with Crippen LogP contribution in [0.3, 0.4) is 0 Å². The maximum atomic E-state index is 13.3. The summed E-state index contributed by atoms with van der Waals surface area (Å²) in [5.41, 5.74) is 5.99. The lowest BCUT2D eigenvalue weighted by molar-refractivity contribution is -0.113. The van der Waals surface area contributed by atoms with Crippen molar-refractivity contribution in [3.8, 4) is 11.8 Å². The van der Waals surface area contributed by atoms with E-state index in [-0.39, 0.29) is 17.5 Å². The first-order valence-corrected chi connectivity index (χ1v) is 11.9. The number of nitrogens with one attached hydrogen (secondary N) is 1. The fourth-order valence-electron chi connectivity index (χ4n) is 3.69. The monoisotopic (exact) mass is 489 g/mol. The van der Waals surface area contributed by atoms with E-state index < -0.39 is 0 Å². The molecule has 2 aromatic carbocycles. The number of aromatic nitrogens is 5. The van der Waals surface area contributed by atoms with Gasteiger partial charge in [0.05, 0.1) is 17.0 Å². The van der Waals surface area contributed by atoms with Crippen LogP contribution in [0.15, 0.2) is 47.6 Å². The van der Waals surface area contributed by atoms with E-state index in [4.69, 9.17) is 0 Å². The van der Waals surface area contributed by atoms with E-state index in [1.54, 1.807) is 16.8 Å². The third kappa shape index (κ3) is 5.10. The molecule has 0 unspecified atom stereocenters. The maximum Gasteiger partial charge on any atom is 0.235 e. The van der Waals surface area contributed by atoms with Crippen molar-refractivity contribution < 1.29 is 9.18 Å². The van der Waals surface area contributed by atoms with Gasteiger partial charge < -0.3 is 9.88 Å². The van der Waals surface area contributed by atoms with E-state index in [0.29, 0.717) is 23.1 Å². The van der Waals surface area contributed by atoms with Crippen molar-refractivity contribution in [1.82, 2.24) is 24.8 Å². The Kier molecular flexibility index (Phi) is 6.98. The van der Waals surface area contributed by atoms with E-state index in [2.05, 4.69) is 26.9 Å². The van der Waals surface area contributed by atoms with Gasteiger partial charge in [0.25, 0.3) is 0 Å². The molecule has 8 nitrogen and oxygen atoms in total. The molecular weight excluding hydrogens is 465 g/mol. The Labute approximate surface area is 206 Å². The molecule has 10 heteroatoms. The number of rotatable bonds is 7. The number of amides is 1. The van der Waals surface area contributed by atoms with Gasteiger partial charge in [-0.05, 0) is 84.6 Å². The first kappa shape index (κ1) is 24.2. The Balaban J connectivity index is 1.52. The summed E-state index contributed by atoms with van der Waals surface area (Å²) in [6.07, 6.45) is 0. The van der Waals surface area contributed by atoms with E-state index in [1.807, 2.05) is 50.5 Å². The van der Waals surface area contributed by atoms with Gasteiger partial charge in [-0.1, -0.05) is 30.0 Å². The first-order chi connectivity index (χ1) is 16.8. The largest absolute Gasteiger partial charge is 0.326 e. The molecule has 4 aromatic rings. The summed E-state index contributed by atoms with van der Waals surface area (Å²) in [6, 6.07) is 14.3. The summed E-state index contributed by atoms with van der Waals surface area (Å²) in [5.74, 6) is -0.138. The maximum absolute atomic E-state index is 13.3. The highest BCUT2D eigenvalue weighted by Crippen LogP contribution is 2.28. The minimum atomic E-state index is -0.319. The van der Waals surface area contributed by atoms with Gasteiger partial charge in [-0.3, -0.25) is 4.79 Å². The quantitative estimate of drug-likeness (QED) is 0.384. The summed E-state index contributed by atoms with van der Waals surface area (Å²) < 4.78 is 16.8. The van der Waals surface area contributed by atoms with Crippen molar-refractivity contribution in [1.29, 1.82) is 5.26 Å². The molecule has 0 aliphatic carbocycles. The predicted octanol–water partition coefficient (Wildman–Crippen LogP) is 4.49. The standard InChI is InChI=1S/C25H24FN7OS/c1-15-5-10-21(11-16(15)2)33-25(29-30-31-33)35-14-23(34)28-24-22(12-27)17(3)18(4)32(24)13-19-6-8-20(26)9-7-19/h5-11H,13-14H2,1-4H3,(H,28,34). The van der Waals surface area contributed by atoms with Gasteiger partial charge in [0.2, 0.25) is 11.1 Å². The van der Waals surface area contributed by atoms with Crippen molar-refractivity contribution in [2.75, 3.05) is 11.1 Å². The molecule has 0 radical (unpaired) electrons. The number of carbonyl (C=O) groups is 1. The summed E-state index contributed by atoms with van der Waals surface area (Å²) in [4.78, 5) is 12.9. The normalized spacial score (nSPS) is 10.9. The fraction of sp³-hybridized carbons (Fsp3) is 0.240. The van der Waals surface area contributed by atoms with Crippen molar-refractivity contribution >= 4 is 23.5 Å². The number of hydrogen-bond donors (Lipinski definition) is 1. The molecule has 2 aromatic heterocycles. The van der Waals surface area contributed by atoms with Gasteiger partial charge >= 0.3 is 0 Å². The number of nitriles is 1. The number of anilines is 1. The van der Waals surface area contributed by atoms with Crippen molar-refractivity contribution in [3.05, 3.63) is 81.8 Å². The summed E-state index contributed by atoms with van der Waals surface area (Å²) in [6.45, 7) is 8.17. The molecule has 0 bridgehead atoms. The Hall–Kier alpha value is -3.97. The second kappa shape index (κ2) is 10.1. The van der Waals surface area contributed by atoms with Crippen LogP contribution in [0.2, 0.25) is 0 Å². The highest BCUT2D eigenvalue weighted by molar-refractivity contribution is 7.99. The lowest BCUT2D eigenvalue weighted by Crippen LogP contribution is -2.19. The van der Waals surface area contributed by atoms with Crippen LogP contribution in [0.5, 0.6) is 0 Å². The smallest absolute Gasteiger partial charge is 0.235 e. The summed E-state index contributed by atoms with van der Waals surface area (Å²) in [5, 5.41) is 25.0. The van der Waals surface area contributed by atoms with E-state index >= 15 is 0 Å². The molecule has 0 atom stereocenters. The van der Waals surface area contributed by atoms with Crippen LogP contribution in [-0.2, 0) is 11.3 Å². The highest BCUT2D eigenvalue weighted by atomic mass is 32.2. The zero-order valence-electron chi connectivity index (χ0n) is 19.8. The molecule has 0 saturated carbocycles. The molecule has 178 valence electrons. The van der Waals surface area contributed by atoms with Gasteiger partial charge in [-0.25, -0.2) is 4.39 Å². The average Bonchev–Trinajstić information content (AvgIpc) is 3.39. The van der Waals surface area contributed by atoms with Crippen molar-refractivity contribution in [2.45, 2.75) is 39.4 Å². The first-order valence-electron chi connectivity index (χ1n) is 10.9. The number of nitrogens with zero attached hydrogens (tertiary/aromatic N) is 6. The van der Waals surface area contributed by atoms with Crippen LogP contribution in [0.1, 0.15) is 33.5 Å². The van der Waals surface area contributed by atoms with Crippen molar-refractivity contribution in [2.24, 2.45) is 0 Å². The minimum absolute atomic E-state index is 0.0515. The van der Waals surface area contributed by atoms with Gasteiger partial charge in [-0.2, -0.15) is 9.94 Å². The zero-order chi connectivity index (χ0) is 25.1. The number of aryl methyl sites for hydroxylation is 2. The third-order valence-corrected chi connectivity index (χ3v) is 6.88. The molecule has 0 saturated heterocycles. The second-order valence-electron chi connectivity index (χ2n) is 8.24. The van der Waals surface area contributed by atoms with E-state index in [1.165, 1.54) is 23.9 Å². The van der Waals surface area contributed by atoms with Gasteiger partial charge in [0.15, 0.2) is 0 Å². The molecule has 1 amide bonds. The molecule has 2 heterocycles. The van der Waals surface area contributed by atoms with Crippen LogP contribution < -0.4 is 5.32 Å². The third-order valence-electron chi connectivity index (χ3n) is 5.96. The Bertz CT molecular complexity index is 1430. The van der Waals surface area contributed by atoms with Gasteiger partial charge in [0, 0.05) is 12.2 Å². The Morgan fingerprint density at radius 3 is 2.54 bits per heavy atom. The molecule has 35 heavy (non-hydrogen) atoms. The van der Waals surface area contributed by atoms with E-state index in [0.717, 1.165) is 33.6 Å². The highest BCUT2D eigenvalue weighted by Gasteiger charge is 2.20. The number of halogens is 1. The SMILES string of the molecule is Cc1ccc(-n2nnnc2SCC(=O)Nc2c(C#N)c(C)c(C)n2Cc2ccc(F)cc2)cc1C. The molecule has 0 spiro atoms. The summed E-state index contributed by atoms with van der Waals surface area (Å²) >= 11 is 1.20. The number of tetrazole rings is 1. The summed E-state index contributed by atoms with van der Waals surface area (Å²) in [7, 11) is 0. The minimum Gasteiger partial charge on any atom is -0.326 e. The fourth-order valence-corrected chi connectivity index (χ4v) is 4.38. The second-order valence-corrected chi connectivity index (χ2v) is 9.18. The van der Waals surface area contributed by atoms with Crippen LogP contribution in [0.25, 0.3) is 5.69 Å². The number of thioether (sulfide) groups is 1. The van der Waals surface area contributed by atoms with Crippen LogP contribution >= 0.6 is 11.8 Å². The van der Waals surface area contributed by atoms with Crippen molar-refractivity contribution in [3.63, 3.8) is 0 Å². The van der Waals surface area contributed by atoms with Crippen LogP contribution in [-0.4, -0.2) is 36.4 Å². The molecular formula is C25H24FN7OS. The Morgan fingerprint density at radius 1 is 1.11 bits per heavy atom. The number of hydrogen-bond acceptors (Lipinski definition) is 6. The molecule has 4 rings (SSSR count). The lowest BCUT2D eigenvalue weighted by atomic mass is 10.1. The molecule has 0 fully saturated rings. The molecule has 0 aliphatic rings. The van der Waals surface area contributed by atoms with Gasteiger partial charge in [0.1, 0.15) is 17.7 Å². The number of benzene rings is 2. The van der Waals surface area contributed by atoms with Crippen LogP contribution in [0, 0.1) is 44.8 Å². The number of carbonyl (C=O) groups excluding carboxylic acids is 1.